The maximum Gasteiger partial charge on any atom is 0.410 e. The molecule has 2 N–H and O–H groups in total. The first-order valence-electron chi connectivity index (χ1n) is 8.52. The first-order valence-corrected chi connectivity index (χ1v) is 8.52. The Bertz CT molecular complexity index is 791. The van der Waals surface area contributed by atoms with E-state index < -0.39 is 60.5 Å². The summed E-state index contributed by atoms with van der Waals surface area (Å²) in [4.78, 5) is 25.1. The van der Waals surface area contributed by atoms with Crippen molar-refractivity contribution >= 4 is 11.8 Å². The van der Waals surface area contributed by atoms with Gasteiger partial charge in [0.25, 0.3) is 17.9 Å². The molecule has 0 aromatic carbocycles. The Balaban J connectivity index is 2.40. The van der Waals surface area contributed by atoms with Crippen LogP contribution in [-0.2, 0) is 4.74 Å². The van der Waals surface area contributed by atoms with E-state index in [4.69, 9.17) is 10.5 Å². The van der Waals surface area contributed by atoms with Crippen LogP contribution in [0.25, 0.3) is 0 Å². The Kier molecular flexibility index (Phi) is 5.95. The quantitative estimate of drug-likeness (QED) is 0.772. The molecule has 2 rings (SSSR count). The molecule has 6 nitrogen and oxygen atoms in total. The van der Waals surface area contributed by atoms with E-state index in [0.717, 1.165) is 11.0 Å². The van der Waals surface area contributed by atoms with E-state index in [1.807, 2.05) is 0 Å². The van der Waals surface area contributed by atoms with Crippen LogP contribution in [0.2, 0.25) is 0 Å². The van der Waals surface area contributed by atoms with Crippen molar-refractivity contribution in [3.63, 3.8) is 0 Å². The monoisotopic (exact) mass is 411 g/mol. The number of alkyl halides is 5. The zero-order chi connectivity index (χ0) is 21.4. The zero-order valence-corrected chi connectivity index (χ0v) is 15.6. The van der Waals surface area contributed by atoms with Crippen LogP contribution < -0.4 is 11.3 Å². The van der Waals surface area contributed by atoms with Crippen molar-refractivity contribution < 1.29 is 31.5 Å². The Labute approximate surface area is 158 Å². The lowest BCUT2D eigenvalue weighted by Crippen LogP contribution is -2.49. The van der Waals surface area contributed by atoms with E-state index in [9.17, 15) is 31.5 Å². The third-order valence-corrected chi connectivity index (χ3v) is 4.25. The van der Waals surface area contributed by atoms with E-state index in [2.05, 4.69) is 0 Å². The fourth-order valence-electron chi connectivity index (χ4n) is 2.89. The Morgan fingerprint density at radius 1 is 1.32 bits per heavy atom. The maximum atomic E-state index is 14.5. The van der Waals surface area contributed by atoms with E-state index in [-0.39, 0.29) is 16.7 Å². The van der Waals surface area contributed by atoms with Crippen LogP contribution in [0.4, 0.5) is 32.4 Å². The zero-order valence-electron chi connectivity index (χ0n) is 15.6. The number of hydrogen-bond donors (Lipinski definition) is 1. The number of amides is 1. The summed E-state index contributed by atoms with van der Waals surface area (Å²) in [6.07, 6.45) is -7.51. The number of hydrogen-bond acceptors (Lipinski definition) is 4. The molecule has 1 aromatic heterocycles. The van der Waals surface area contributed by atoms with Gasteiger partial charge in [-0.2, -0.15) is 0 Å². The molecule has 28 heavy (non-hydrogen) atoms. The summed E-state index contributed by atoms with van der Waals surface area (Å²) >= 11 is 0. The van der Waals surface area contributed by atoms with Gasteiger partial charge in [0.2, 0.25) is 6.30 Å². The van der Waals surface area contributed by atoms with Gasteiger partial charge in [0, 0.05) is 25.7 Å². The van der Waals surface area contributed by atoms with Crippen molar-refractivity contribution in [1.82, 2.24) is 9.47 Å². The SMILES string of the molecule is CC(C)(C)OC(=O)N1CCC(F)(F)C(c2cc(N)c(=O)n(C(F)C(F)F)c2)C1. The van der Waals surface area contributed by atoms with Gasteiger partial charge < -0.3 is 15.4 Å². The van der Waals surface area contributed by atoms with E-state index in [1.165, 1.54) is 0 Å². The number of aromatic nitrogens is 1. The van der Waals surface area contributed by atoms with Gasteiger partial charge in [-0.3, -0.25) is 9.36 Å². The summed E-state index contributed by atoms with van der Waals surface area (Å²) in [7, 11) is 0. The van der Waals surface area contributed by atoms with Crippen LogP contribution in [0.3, 0.4) is 0 Å². The molecule has 0 radical (unpaired) electrons. The standard InChI is InChI=1S/C17H22F5N3O3/c1-16(2,3)28-15(27)24-5-4-17(21,22)10(8-24)9-6-11(23)14(26)25(7-9)13(20)12(18)19/h6-7,10,12-13H,4-5,8,23H2,1-3H3. The Hall–Kier alpha value is -2.33. The van der Waals surface area contributed by atoms with Crippen molar-refractivity contribution in [2.45, 2.75) is 57.4 Å². The summed E-state index contributed by atoms with van der Waals surface area (Å²) in [6.45, 7) is 4.05. The van der Waals surface area contributed by atoms with Gasteiger partial charge in [0.05, 0.1) is 11.6 Å². The largest absolute Gasteiger partial charge is 0.444 e. The predicted molar refractivity (Wildman–Crippen MR) is 91.4 cm³/mol. The highest BCUT2D eigenvalue weighted by molar-refractivity contribution is 5.68. The number of ether oxygens (including phenoxy) is 1. The number of nitrogen functional groups attached to an aromatic ring is 1. The number of anilines is 1. The predicted octanol–water partition coefficient (Wildman–Crippen LogP) is 3.52. The smallest absolute Gasteiger partial charge is 0.410 e. The molecular formula is C17H22F5N3O3. The Morgan fingerprint density at radius 2 is 1.93 bits per heavy atom. The lowest BCUT2D eigenvalue weighted by Gasteiger charge is -2.39. The molecule has 0 saturated carbocycles. The summed E-state index contributed by atoms with van der Waals surface area (Å²) in [6, 6.07) is 0.897. The average molecular weight is 411 g/mol. The highest BCUT2D eigenvalue weighted by Crippen LogP contribution is 2.41. The summed E-state index contributed by atoms with van der Waals surface area (Å²) < 4.78 is 73.3. The number of halogens is 5. The average Bonchev–Trinajstić information content (AvgIpc) is 2.54. The number of rotatable bonds is 3. The van der Waals surface area contributed by atoms with Crippen LogP contribution in [0.1, 0.15) is 45.0 Å². The van der Waals surface area contributed by atoms with Crippen molar-refractivity contribution in [1.29, 1.82) is 0 Å². The molecule has 2 heterocycles. The topological polar surface area (TPSA) is 77.6 Å². The lowest BCUT2D eigenvalue weighted by atomic mass is 9.87. The van der Waals surface area contributed by atoms with Crippen molar-refractivity contribution in [3.05, 3.63) is 28.2 Å². The van der Waals surface area contributed by atoms with Gasteiger partial charge in [0.15, 0.2) is 0 Å². The number of piperidine rings is 1. The van der Waals surface area contributed by atoms with Crippen molar-refractivity contribution in [2.24, 2.45) is 0 Å². The summed E-state index contributed by atoms with van der Waals surface area (Å²) in [5.41, 5.74) is 2.37. The molecule has 1 saturated heterocycles. The molecule has 1 aliphatic heterocycles. The van der Waals surface area contributed by atoms with Gasteiger partial charge in [-0.05, 0) is 32.4 Å². The molecule has 1 fully saturated rings. The molecule has 11 heteroatoms. The van der Waals surface area contributed by atoms with Crippen LogP contribution in [0.5, 0.6) is 0 Å². The van der Waals surface area contributed by atoms with Gasteiger partial charge in [-0.25, -0.2) is 26.7 Å². The van der Waals surface area contributed by atoms with Crippen molar-refractivity contribution in [2.75, 3.05) is 18.8 Å². The maximum absolute atomic E-state index is 14.5. The number of pyridine rings is 1. The van der Waals surface area contributed by atoms with Gasteiger partial charge >= 0.3 is 6.09 Å². The molecule has 0 aliphatic carbocycles. The molecule has 158 valence electrons. The minimum atomic E-state index is -3.54. The number of carbonyl (C=O) groups excluding carboxylic acids is 1. The lowest BCUT2D eigenvalue weighted by molar-refractivity contribution is -0.0774. The summed E-state index contributed by atoms with van der Waals surface area (Å²) in [5.74, 6) is -5.00. The third kappa shape index (κ3) is 4.74. The first kappa shape index (κ1) is 22.0. The molecular weight excluding hydrogens is 389 g/mol. The molecule has 0 bridgehead atoms. The van der Waals surface area contributed by atoms with Crippen molar-refractivity contribution in [3.8, 4) is 0 Å². The summed E-state index contributed by atoms with van der Waals surface area (Å²) in [5, 5.41) is 0. The van der Waals surface area contributed by atoms with Gasteiger partial charge in [-0.1, -0.05) is 0 Å². The van der Waals surface area contributed by atoms with E-state index in [1.54, 1.807) is 20.8 Å². The molecule has 0 spiro atoms. The van der Waals surface area contributed by atoms with Gasteiger partial charge in [0.1, 0.15) is 5.60 Å². The van der Waals surface area contributed by atoms with Gasteiger partial charge in [-0.15, -0.1) is 0 Å². The van der Waals surface area contributed by atoms with Crippen LogP contribution in [-0.4, -0.2) is 46.6 Å². The Morgan fingerprint density at radius 3 is 2.46 bits per heavy atom. The fourth-order valence-corrected chi connectivity index (χ4v) is 2.89. The second kappa shape index (κ2) is 7.59. The highest BCUT2D eigenvalue weighted by Gasteiger charge is 2.47. The number of nitrogens with two attached hydrogens (primary N) is 1. The highest BCUT2D eigenvalue weighted by atomic mass is 19.3. The van der Waals surface area contributed by atoms with E-state index >= 15 is 0 Å². The second-order valence-electron chi connectivity index (χ2n) is 7.64. The van der Waals surface area contributed by atoms with E-state index in [0.29, 0.717) is 6.20 Å². The molecule has 2 atom stereocenters. The fraction of sp³-hybridized carbons (Fsp3) is 0.647. The number of carbonyl (C=O) groups is 1. The molecule has 1 aromatic rings. The minimum absolute atomic E-state index is 0.00215. The number of likely N-dealkylation sites (tertiary alicyclic amines) is 1. The van der Waals surface area contributed by atoms with Crippen LogP contribution in [0, 0.1) is 0 Å². The normalized spacial score (nSPS) is 20.9. The van der Waals surface area contributed by atoms with Crippen LogP contribution in [0.15, 0.2) is 17.1 Å². The molecule has 1 amide bonds. The van der Waals surface area contributed by atoms with Crippen LogP contribution >= 0.6 is 0 Å². The number of nitrogens with zero attached hydrogens (tertiary/aromatic N) is 2. The molecule has 2 unspecified atom stereocenters. The molecule has 1 aliphatic rings. The first-order chi connectivity index (χ1) is 12.7. The third-order valence-electron chi connectivity index (χ3n) is 4.25. The minimum Gasteiger partial charge on any atom is -0.444 e. The second-order valence-corrected chi connectivity index (χ2v) is 7.64.